The molecule has 7 rings (SSSR count). The minimum absolute atomic E-state index is 0.236. The van der Waals surface area contributed by atoms with Gasteiger partial charge in [-0.25, -0.2) is 4.98 Å². The lowest BCUT2D eigenvalue weighted by atomic mass is 10.1. The van der Waals surface area contributed by atoms with Crippen molar-refractivity contribution in [1.82, 2.24) is 20.3 Å². The number of hydrogen-bond acceptors (Lipinski definition) is 9. The van der Waals surface area contributed by atoms with E-state index in [-0.39, 0.29) is 12.1 Å². The number of benzene rings is 1. The Kier molecular flexibility index (Phi) is 5.89. The van der Waals surface area contributed by atoms with E-state index in [1.807, 2.05) is 0 Å². The Balaban J connectivity index is 1.33. The van der Waals surface area contributed by atoms with E-state index in [0.29, 0.717) is 25.9 Å². The maximum Gasteiger partial charge on any atom is 0.229 e. The van der Waals surface area contributed by atoms with E-state index in [1.54, 1.807) is 0 Å². The number of fused-ring (bicyclic) bond motifs is 2. The average Bonchev–Trinajstić information content (AvgIpc) is 3.65. The van der Waals surface area contributed by atoms with Gasteiger partial charge in [-0.2, -0.15) is 9.97 Å². The fourth-order valence-corrected chi connectivity index (χ4v) is 6.12. The molecule has 5 heterocycles. The fourth-order valence-electron chi connectivity index (χ4n) is 6.12. The van der Waals surface area contributed by atoms with E-state index in [0.717, 1.165) is 84.5 Å². The Hall–Kier alpha value is -3.30. The van der Waals surface area contributed by atoms with Crippen molar-refractivity contribution in [3.63, 3.8) is 0 Å². The van der Waals surface area contributed by atoms with Crippen molar-refractivity contribution < 1.29 is 9.47 Å². The van der Waals surface area contributed by atoms with Crippen molar-refractivity contribution >= 4 is 28.6 Å². The van der Waals surface area contributed by atoms with Crippen LogP contribution in [-0.2, 0) is 9.47 Å². The van der Waals surface area contributed by atoms with E-state index >= 15 is 0 Å². The molecule has 1 aliphatic carbocycles. The molecule has 0 radical (unpaired) electrons. The zero-order chi connectivity index (χ0) is 24.8. The Bertz CT molecular complexity index is 1350. The highest BCUT2D eigenvalue weighted by molar-refractivity contribution is 6.00. The van der Waals surface area contributed by atoms with E-state index in [1.165, 1.54) is 6.42 Å². The van der Waals surface area contributed by atoms with Crippen LogP contribution in [0, 0.1) is 0 Å². The highest BCUT2D eigenvalue weighted by Crippen LogP contribution is 2.35. The highest BCUT2D eigenvalue weighted by Gasteiger charge is 2.38. The monoisotopic (exact) mass is 499 g/mol. The summed E-state index contributed by atoms with van der Waals surface area (Å²) in [6, 6.07) is 13.2. The first-order chi connectivity index (χ1) is 18.2. The van der Waals surface area contributed by atoms with Crippen molar-refractivity contribution in [3.8, 4) is 11.3 Å². The zero-order valence-electron chi connectivity index (χ0n) is 21.3. The molecule has 3 aliphatic heterocycles. The molecule has 2 aromatic heterocycles. The third-order valence-electron chi connectivity index (χ3n) is 8.01. The van der Waals surface area contributed by atoms with Crippen LogP contribution in [0.3, 0.4) is 0 Å². The molecule has 3 atom stereocenters. The number of anilines is 2. The van der Waals surface area contributed by atoms with Gasteiger partial charge in [-0.15, -0.1) is 0 Å². The predicted molar refractivity (Wildman–Crippen MR) is 145 cm³/mol. The molecule has 0 spiro atoms. The van der Waals surface area contributed by atoms with E-state index in [2.05, 4.69) is 63.4 Å². The molecule has 9 heteroatoms. The lowest BCUT2D eigenvalue weighted by Gasteiger charge is -2.39. The summed E-state index contributed by atoms with van der Waals surface area (Å²) in [7, 11) is 0. The first kappa shape index (κ1) is 22.9. The maximum atomic E-state index is 6.08. The lowest BCUT2D eigenvalue weighted by Crippen LogP contribution is -2.49. The first-order valence-corrected chi connectivity index (χ1v) is 13.6. The molecule has 192 valence electrons. The fraction of sp³-hybridized carbons (Fsp3) is 0.500. The van der Waals surface area contributed by atoms with Crippen LogP contribution in [0.4, 0.5) is 11.8 Å². The summed E-state index contributed by atoms with van der Waals surface area (Å²) in [5.41, 5.74) is 3.78. The minimum Gasteiger partial charge on any atom is -0.377 e. The largest absolute Gasteiger partial charge is 0.377 e. The van der Waals surface area contributed by atoms with Gasteiger partial charge in [-0.05, 0) is 44.4 Å². The molecule has 2 saturated heterocycles. The van der Waals surface area contributed by atoms with Gasteiger partial charge in [0.2, 0.25) is 5.95 Å². The van der Waals surface area contributed by atoms with Crippen molar-refractivity contribution in [2.75, 3.05) is 55.8 Å². The van der Waals surface area contributed by atoms with Crippen LogP contribution in [0.15, 0.2) is 41.4 Å². The van der Waals surface area contributed by atoms with Gasteiger partial charge < -0.3 is 24.6 Å². The standard InChI is InChI=1S/C28H33N7O2/c1-18-17-36-14-12-34(18)27-21-8-9-22(19-4-2-5-20(16-19)25-29-10-11-30-25)31-26(21)32-28(33-27)35-13-15-37-24-7-3-6-23(24)35/h2,4-5,8-9,16,18,23-24H,3,6-7,10-15,17H2,1H3,(H,29,30)/t18?,23-,24+/m0/s1. The van der Waals surface area contributed by atoms with Crippen molar-refractivity contribution in [2.45, 2.75) is 44.4 Å². The lowest BCUT2D eigenvalue weighted by molar-refractivity contribution is 0.0250. The van der Waals surface area contributed by atoms with Gasteiger partial charge in [-0.1, -0.05) is 18.2 Å². The molecule has 3 aromatic rings. The van der Waals surface area contributed by atoms with Crippen LogP contribution in [0.25, 0.3) is 22.3 Å². The molecule has 9 nitrogen and oxygen atoms in total. The molecule has 0 bridgehead atoms. The number of amidine groups is 1. The second kappa shape index (κ2) is 9.54. The van der Waals surface area contributed by atoms with Gasteiger partial charge in [0.05, 0.1) is 55.6 Å². The smallest absolute Gasteiger partial charge is 0.229 e. The summed E-state index contributed by atoms with van der Waals surface area (Å²) >= 11 is 0. The molecule has 37 heavy (non-hydrogen) atoms. The second-order valence-electron chi connectivity index (χ2n) is 10.4. The van der Waals surface area contributed by atoms with Crippen molar-refractivity contribution in [3.05, 3.63) is 42.0 Å². The van der Waals surface area contributed by atoms with Crippen LogP contribution in [0.1, 0.15) is 31.7 Å². The molecule has 1 unspecified atom stereocenters. The summed E-state index contributed by atoms with van der Waals surface area (Å²) in [6.45, 7) is 7.62. The summed E-state index contributed by atoms with van der Waals surface area (Å²) < 4.78 is 11.8. The molecule has 1 N–H and O–H groups in total. The van der Waals surface area contributed by atoms with Gasteiger partial charge in [0.25, 0.3) is 0 Å². The predicted octanol–water partition coefficient (Wildman–Crippen LogP) is 3.02. The van der Waals surface area contributed by atoms with E-state index in [9.17, 15) is 0 Å². The average molecular weight is 500 g/mol. The Morgan fingerprint density at radius 1 is 0.973 bits per heavy atom. The summed E-state index contributed by atoms with van der Waals surface area (Å²) in [6.07, 6.45) is 3.69. The van der Waals surface area contributed by atoms with Crippen LogP contribution in [-0.4, -0.2) is 85.0 Å². The topological polar surface area (TPSA) is 88.0 Å². The number of morpholine rings is 2. The van der Waals surface area contributed by atoms with E-state index in [4.69, 9.17) is 24.4 Å². The summed E-state index contributed by atoms with van der Waals surface area (Å²) in [5, 5.41) is 4.35. The normalized spacial score (nSPS) is 25.8. The molecule has 1 aromatic carbocycles. The Morgan fingerprint density at radius 2 is 1.89 bits per heavy atom. The number of ether oxygens (including phenoxy) is 2. The van der Waals surface area contributed by atoms with Crippen LogP contribution < -0.4 is 15.1 Å². The second-order valence-corrected chi connectivity index (χ2v) is 10.4. The number of hydrogen-bond donors (Lipinski definition) is 1. The molecule has 0 amide bonds. The van der Waals surface area contributed by atoms with Gasteiger partial charge in [0, 0.05) is 30.8 Å². The van der Waals surface area contributed by atoms with Crippen molar-refractivity contribution in [2.24, 2.45) is 4.99 Å². The summed E-state index contributed by atoms with van der Waals surface area (Å²) in [5.74, 6) is 2.67. The number of aliphatic imine (C=N–C) groups is 1. The minimum atomic E-state index is 0.236. The zero-order valence-corrected chi connectivity index (χ0v) is 21.3. The Labute approximate surface area is 216 Å². The third-order valence-corrected chi connectivity index (χ3v) is 8.01. The molecule has 1 saturated carbocycles. The quantitative estimate of drug-likeness (QED) is 0.586. The number of aromatic nitrogens is 3. The summed E-state index contributed by atoms with van der Waals surface area (Å²) in [4.78, 5) is 24.7. The van der Waals surface area contributed by atoms with Gasteiger partial charge >= 0.3 is 0 Å². The SMILES string of the molecule is CC1COCCN1c1nc(N2CCO[C@@H]3CCC[C@@H]32)nc2nc(-c3cccc(C4=NCCN4)c3)ccc12. The molecular weight excluding hydrogens is 466 g/mol. The van der Waals surface area contributed by atoms with Crippen LogP contribution >= 0.6 is 0 Å². The van der Waals surface area contributed by atoms with E-state index < -0.39 is 0 Å². The third kappa shape index (κ3) is 4.20. The number of nitrogens with zero attached hydrogens (tertiary/aromatic N) is 6. The van der Waals surface area contributed by atoms with Crippen LogP contribution in [0.2, 0.25) is 0 Å². The van der Waals surface area contributed by atoms with Crippen molar-refractivity contribution in [1.29, 1.82) is 0 Å². The molecule has 4 aliphatic rings. The number of nitrogens with one attached hydrogen (secondary N) is 1. The van der Waals surface area contributed by atoms with Crippen LogP contribution in [0.5, 0.6) is 0 Å². The van der Waals surface area contributed by atoms with Gasteiger partial charge in [0.1, 0.15) is 11.7 Å². The first-order valence-electron chi connectivity index (χ1n) is 13.6. The number of pyridine rings is 1. The highest BCUT2D eigenvalue weighted by atomic mass is 16.5. The molecule has 3 fully saturated rings. The molecular formula is C28H33N7O2. The number of rotatable bonds is 4. The maximum absolute atomic E-state index is 6.08. The van der Waals surface area contributed by atoms with Gasteiger partial charge in [-0.3, -0.25) is 4.99 Å². The Morgan fingerprint density at radius 3 is 2.78 bits per heavy atom. The van der Waals surface area contributed by atoms with Gasteiger partial charge in [0.15, 0.2) is 5.65 Å².